The quantitative estimate of drug-likeness (QED) is 0.596. The van der Waals surface area contributed by atoms with Crippen molar-refractivity contribution in [3.8, 4) is 0 Å². The van der Waals surface area contributed by atoms with Crippen molar-refractivity contribution < 1.29 is 9.53 Å². The lowest BCUT2D eigenvalue weighted by molar-refractivity contribution is 0.00563. The van der Waals surface area contributed by atoms with Gasteiger partial charge in [0.15, 0.2) is 0 Å². The van der Waals surface area contributed by atoms with Gasteiger partial charge in [0.1, 0.15) is 16.9 Å². The number of ether oxygens (including phenoxy) is 1. The fourth-order valence-corrected chi connectivity index (χ4v) is 3.90. The smallest absolute Gasteiger partial charge is 0.410 e. The van der Waals surface area contributed by atoms with E-state index in [-0.39, 0.29) is 18.2 Å². The number of fused-ring (bicyclic) bond motifs is 1. The van der Waals surface area contributed by atoms with Crippen LogP contribution in [0.3, 0.4) is 0 Å². The lowest BCUT2D eigenvalue weighted by Crippen LogP contribution is -2.59. The number of nitrogens with zero attached hydrogens (tertiary/aromatic N) is 5. The summed E-state index contributed by atoms with van der Waals surface area (Å²) in [5.41, 5.74) is 0.355. The van der Waals surface area contributed by atoms with Crippen molar-refractivity contribution in [3.63, 3.8) is 0 Å². The second-order valence-corrected chi connectivity index (χ2v) is 8.88. The van der Waals surface area contributed by atoms with E-state index >= 15 is 0 Å². The summed E-state index contributed by atoms with van der Waals surface area (Å²) in [6, 6.07) is 1.97. The minimum atomic E-state index is -0.500. The van der Waals surface area contributed by atoms with Crippen LogP contribution < -0.4 is 4.90 Å². The summed E-state index contributed by atoms with van der Waals surface area (Å²) in [7, 11) is 0. The van der Waals surface area contributed by atoms with E-state index in [1.807, 2.05) is 51.8 Å². The second-order valence-electron chi connectivity index (χ2n) is 7.71. The molecule has 2 atom stereocenters. The zero-order valence-electron chi connectivity index (χ0n) is 15.7. The van der Waals surface area contributed by atoms with E-state index in [2.05, 4.69) is 42.7 Å². The number of carbonyl (C=O) groups is 1. The Morgan fingerprint density at radius 2 is 1.92 bits per heavy atom. The Balaban J connectivity index is 1.86. The zero-order valence-corrected chi connectivity index (χ0v) is 17.9. The molecule has 0 N–H and O–H groups in total. The molecule has 2 aromatic heterocycles. The van der Waals surface area contributed by atoms with Crippen LogP contribution in [0.25, 0.3) is 10.9 Å². The molecule has 0 bridgehead atoms. The monoisotopic (exact) mass is 469 g/mol. The molecule has 3 rings (SSSR count). The van der Waals surface area contributed by atoms with Crippen LogP contribution in [0.4, 0.5) is 10.6 Å². The summed E-state index contributed by atoms with van der Waals surface area (Å²) in [5.74, 6) is 0.887. The fraction of sp³-hybridized carbons (Fsp3) is 0.556. The molecular formula is C18H24IN5O2. The van der Waals surface area contributed by atoms with E-state index in [0.717, 1.165) is 20.3 Å². The van der Waals surface area contributed by atoms with Gasteiger partial charge in [0.05, 0.1) is 21.9 Å². The van der Waals surface area contributed by atoms with E-state index in [4.69, 9.17) is 4.74 Å². The molecule has 1 amide bonds. The number of rotatable bonds is 1. The van der Waals surface area contributed by atoms with Crippen LogP contribution in [0.15, 0.2) is 18.5 Å². The summed E-state index contributed by atoms with van der Waals surface area (Å²) in [4.78, 5) is 21.3. The van der Waals surface area contributed by atoms with Crippen LogP contribution in [0, 0.1) is 3.57 Å². The van der Waals surface area contributed by atoms with E-state index in [0.29, 0.717) is 13.1 Å². The third-order valence-corrected chi connectivity index (χ3v) is 5.10. The van der Waals surface area contributed by atoms with Crippen molar-refractivity contribution in [2.24, 2.45) is 0 Å². The maximum Gasteiger partial charge on any atom is 0.410 e. The number of halogens is 1. The van der Waals surface area contributed by atoms with Crippen LogP contribution in [0.1, 0.15) is 34.6 Å². The Morgan fingerprint density at radius 1 is 1.27 bits per heavy atom. The van der Waals surface area contributed by atoms with Gasteiger partial charge in [-0.2, -0.15) is 5.10 Å². The topological polar surface area (TPSA) is 71.5 Å². The molecule has 0 aliphatic carbocycles. The molecule has 140 valence electrons. The summed E-state index contributed by atoms with van der Waals surface area (Å²) in [6.45, 7) is 11.1. The predicted octanol–water partition coefficient (Wildman–Crippen LogP) is 3.46. The van der Waals surface area contributed by atoms with Crippen LogP contribution in [0.5, 0.6) is 0 Å². The highest BCUT2D eigenvalue weighted by Gasteiger charge is 2.36. The molecule has 2 aromatic rings. The number of aromatic nitrogens is 3. The number of pyridine rings is 1. The van der Waals surface area contributed by atoms with Gasteiger partial charge in [-0.15, -0.1) is 5.10 Å². The molecular weight excluding hydrogens is 445 g/mol. The minimum Gasteiger partial charge on any atom is -0.444 e. The van der Waals surface area contributed by atoms with Gasteiger partial charge in [0, 0.05) is 24.7 Å². The van der Waals surface area contributed by atoms with Crippen molar-refractivity contribution in [3.05, 3.63) is 22.0 Å². The maximum atomic E-state index is 12.6. The second kappa shape index (κ2) is 7.13. The molecule has 1 saturated heterocycles. The first-order chi connectivity index (χ1) is 12.2. The van der Waals surface area contributed by atoms with Gasteiger partial charge in [-0.25, -0.2) is 9.78 Å². The van der Waals surface area contributed by atoms with Gasteiger partial charge < -0.3 is 9.64 Å². The van der Waals surface area contributed by atoms with E-state index in [1.54, 1.807) is 6.20 Å². The van der Waals surface area contributed by atoms with Gasteiger partial charge in [-0.3, -0.25) is 4.90 Å². The average Bonchev–Trinajstić information content (AvgIpc) is 2.53. The van der Waals surface area contributed by atoms with E-state index in [9.17, 15) is 4.79 Å². The molecule has 7 nitrogen and oxygen atoms in total. The Hall–Kier alpha value is -1.71. The van der Waals surface area contributed by atoms with Crippen LogP contribution in [0.2, 0.25) is 0 Å². The number of anilines is 1. The van der Waals surface area contributed by atoms with Gasteiger partial charge in [0.2, 0.25) is 0 Å². The fourth-order valence-electron chi connectivity index (χ4n) is 3.36. The summed E-state index contributed by atoms with van der Waals surface area (Å²) < 4.78 is 6.55. The molecule has 1 aliphatic heterocycles. The molecule has 1 fully saturated rings. The van der Waals surface area contributed by atoms with Gasteiger partial charge in [-0.1, -0.05) is 0 Å². The van der Waals surface area contributed by atoms with Crippen molar-refractivity contribution in [2.75, 3.05) is 18.0 Å². The first kappa shape index (κ1) is 19.1. The molecule has 26 heavy (non-hydrogen) atoms. The van der Waals surface area contributed by atoms with Gasteiger partial charge >= 0.3 is 6.09 Å². The molecule has 1 aliphatic rings. The van der Waals surface area contributed by atoms with E-state index < -0.39 is 5.60 Å². The Labute approximate surface area is 167 Å². The summed E-state index contributed by atoms with van der Waals surface area (Å²) in [6.07, 6.45) is 3.25. The third-order valence-electron chi connectivity index (χ3n) is 4.31. The minimum absolute atomic E-state index is 0.0134. The lowest BCUT2D eigenvalue weighted by Gasteiger charge is -2.45. The molecule has 0 aromatic carbocycles. The standard InChI is InChI=1S/C18H24IN5O2/c1-11-9-23(10-12(2)24(11)17(25)26-18(3,4)5)16-13-6-7-21-22-15(13)14(19)8-20-16/h6-8,11-12H,9-10H2,1-5H3/t11-,12+. The maximum absolute atomic E-state index is 12.6. The largest absolute Gasteiger partial charge is 0.444 e. The van der Waals surface area contributed by atoms with Crippen LogP contribution in [-0.2, 0) is 4.74 Å². The third kappa shape index (κ3) is 3.84. The van der Waals surface area contributed by atoms with Gasteiger partial charge in [-0.05, 0) is 63.3 Å². The zero-order chi connectivity index (χ0) is 19.1. The number of piperazine rings is 1. The van der Waals surface area contributed by atoms with Crippen molar-refractivity contribution in [1.29, 1.82) is 0 Å². The highest BCUT2D eigenvalue weighted by Crippen LogP contribution is 2.29. The summed E-state index contributed by atoms with van der Waals surface area (Å²) in [5, 5.41) is 9.22. The Kier molecular flexibility index (Phi) is 5.23. The molecule has 3 heterocycles. The molecule has 0 saturated carbocycles. The Morgan fingerprint density at radius 3 is 2.54 bits per heavy atom. The highest BCUT2D eigenvalue weighted by molar-refractivity contribution is 14.1. The molecule has 8 heteroatoms. The first-order valence-electron chi connectivity index (χ1n) is 8.69. The number of hydrogen-bond donors (Lipinski definition) is 0. The SMILES string of the molecule is C[C@@H]1CN(c2ncc(I)c3nnccc23)C[C@H](C)N1C(=O)OC(C)(C)C. The van der Waals surface area contributed by atoms with Gasteiger partial charge in [0.25, 0.3) is 0 Å². The molecule has 0 spiro atoms. The number of amides is 1. The average molecular weight is 469 g/mol. The van der Waals surface area contributed by atoms with Crippen molar-refractivity contribution in [2.45, 2.75) is 52.3 Å². The van der Waals surface area contributed by atoms with Crippen molar-refractivity contribution in [1.82, 2.24) is 20.1 Å². The number of hydrogen-bond acceptors (Lipinski definition) is 6. The van der Waals surface area contributed by atoms with E-state index in [1.165, 1.54) is 0 Å². The van der Waals surface area contributed by atoms with Crippen LogP contribution >= 0.6 is 22.6 Å². The lowest BCUT2D eigenvalue weighted by atomic mass is 10.1. The molecule has 0 unspecified atom stereocenters. The highest BCUT2D eigenvalue weighted by atomic mass is 127. The van der Waals surface area contributed by atoms with Crippen LogP contribution in [-0.4, -0.2) is 56.9 Å². The first-order valence-corrected chi connectivity index (χ1v) is 9.77. The number of carbonyl (C=O) groups excluding carboxylic acids is 1. The Bertz CT molecular complexity index is 811. The summed E-state index contributed by atoms with van der Waals surface area (Å²) >= 11 is 2.23. The normalized spacial score (nSPS) is 21.2. The van der Waals surface area contributed by atoms with Crippen molar-refractivity contribution >= 4 is 45.4 Å². The predicted molar refractivity (Wildman–Crippen MR) is 109 cm³/mol. The molecule has 0 radical (unpaired) electrons.